The molecule has 0 spiro atoms. The van der Waals surface area contributed by atoms with Crippen LogP contribution in [0.5, 0.6) is 0 Å². The lowest BCUT2D eigenvalue weighted by Gasteiger charge is -2.18. The maximum absolute atomic E-state index is 11.1. The molecule has 1 heterocycles. The first kappa shape index (κ1) is 18.6. The molecule has 1 aliphatic heterocycles. The molecule has 0 radical (unpaired) electrons. The summed E-state index contributed by atoms with van der Waals surface area (Å²) in [6, 6.07) is 14.2. The van der Waals surface area contributed by atoms with Crippen LogP contribution in [0.3, 0.4) is 0 Å². The smallest absolute Gasteiger partial charge is 0.333 e. The molecule has 1 fully saturated rings. The number of hydrogen-bond acceptors (Lipinski definition) is 5. The van der Waals surface area contributed by atoms with Gasteiger partial charge >= 0.3 is 10.3 Å². The van der Waals surface area contributed by atoms with Crippen LogP contribution in [0.25, 0.3) is 0 Å². The van der Waals surface area contributed by atoms with E-state index in [2.05, 4.69) is 4.18 Å². The molecule has 134 valence electrons. The zero-order valence-electron chi connectivity index (χ0n) is 12.8. The molecule has 1 unspecified atom stereocenters. The van der Waals surface area contributed by atoms with Gasteiger partial charge in [-0.25, -0.2) is 5.14 Å². The molecule has 25 heavy (non-hydrogen) atoms. The fourth-order valence-corrected chi connectivity index (χ4v) is 3.51. The molecule has 0 aromatic heterocycles. The van der Waals surface area contributed by atoms with Gasteiger partial charge in [0.05, 0.1) is 6.61 Å². The Labute approximate surface area is 155 Å². The van der Waals surface area contributed by atoms with E-state index in [-0.39, 0.29) is 6.61 Å². The van der Waals surface area contributed by atoms with Crippen molar-refractivity contribution in [2.75, 3.05) is 6.61 Å². The van der Waals surface area contributed by atoms with Crippen LogP contribution >= 0.6 is 23.2 Å². The van der Waals surface area contributed by atoms with Crippen molar-refractivity contribution in [3.05, 3.63) is 69.7 Å². The van der Waals surface area contributed by atoms with Gasteiger partial charge in [0.2, 0.25) is 0 Å². The Hall–Kier alpha value is -1.19. The minimum Gasteiger partial charge on any atom is -0.340 e. The monoisotopic (exact) mass is 403 g/mol. The summed E-state index contributed by atoms with van der Waals surface area (Å²) in [6.45, 7) is -0.325. The van der Waals surface area contributed by atoms with E-state index in [1.165, 1.54) is 0 Å². The highest BCUT2D eigenvalue weighted by atomic mass is 35.5. The van der Waals surface area contributed by atoms with Gasteiger partial charge in [-0.2, -0.15) is 8.42 Å². The van der Waals surface area contributed by atoms with Crippen molar-refractivity contribution in [3.8, 4) is 0 Å². The van der Waals surface area contributed by atoms with E-state index in [1.54, 1.807) is 18.2 Å². The Kier molecular flexibility index (Phi) is 5.65. The van der Waals surface area contributed by atoms with Crippen molar-refractivity contribution in [1.82, 2.24) is 0 Å². The normalized spacial score (nSPS) is 23.7. The van der Waals surface area contributed by atoms with Gasteiger partial charge in [0, 0.05) is 21.2 Å². The topological polar surface area (TPSA) is 87.9 Å². The molecule has 0 aliphatic carbocycles. The molecular formula is C16H15Cl2NO5S. The first-order chi connectivity index (χ1) is 11.8. The van der Waals surface area contributed by atoms with Crippen molar-refractivity contribution in [2.24, 2.45) is 5.14 Å². The largest absolute Gasteiger partial charge is 0.340 e. The van der Waals surface area contributed by atoms with Crippen LogP contribution in [0.4, 0.5) is 0 Å². The number of ether oxygens (including phenoxy) is 2. The van der Waals surface area contributed by atoms with Crippen LogP contribution in [-0.2, 0) is 24.0 Å². The lowest BCUT2D eigenvalue weighted by Crippen LogP contribution is -2.27. The van der Waals surface area contributed by atoms with Crippen LogP contribution in [0.2, 0.25) is 10.0 Å². The van der Waals surface area contributed by atoms with Gasteiger partial charge in [-0.05, 0) is 12.1 Å². The maximum atomic E-state index is 11.1. The summed E-state index contributed by atoms with van der Waals surface area (Å²) in [4.78, 5) is 0. The molecule has 3 atom stereocenters. The quantitative estimate of drug-likeness (QED) is 0.826. The summed E-state index contributed by atoms with van der Waals surface area (Å²) in [6.07, 6.45) is -2.19. The molecule has 0 saturated carbocycles. The molecule has 0 bridgehead atoms. The van der Waals surface area contributed by atoms with Crippen LogP contribution in [0.15, 0.2) is 48.5 Å². The summed E-state index contributed by atoms with van der Waals surface area (Å²) in [5.41, 5.74) is 1.28. The highest BCUT2D eigenvalue weighted by Crippen LogP contribution is 2.44. The third-order valence-electron chi connectivity index (χ3n) is 3.66. The Bertz CT molecular complexity index is 827. The van der Waals surface area contributed by atoms with E-state index in [9.17, 15) is 8.42 Å². The molecule has 1 saturated heterocycles. The van der Waals surface area contributed by atoms with Gasteiger partial charge in [-0.3, -0.25) is 4.18 Å². The number of halogens is 2. The zero-order chi connectivity index (χ0) is 18.0. The minimum atomic E-state index is -4.12. The molecule has 3 rings (SSSR count). The lowest BCUT2D eigenvalue weighted by atomic mass is 10.0. The second kappa shape index (κ2) is 7.59. The Morgan fingerprint density at radius 2 is 1.64 bits per heavy atom. The summed E-state index contributed by atoms with van der Waals surface area (Å²) in [5.74, 6) is 0. The van der Waals surface area contributed by atoms with E-state index < -0.39 is 28.8 Å². The van der Waals surface area contributed by atoms with E-state index in [1.807, 2.05) is 30.3 Å². The standard InChI is InChI=1S/C16H15Cl2NO5S/c17-11-7-4-8-12(18)14(11)15-13(9-22-25(19,20)21)23-16(24-15)10-5-2-1-3-6-10/h1-8,13,15-16H,9H2,(H2,19,20,21)/t13-,15+,16?/m0/s1. The Morgan fingerprint density at radius 3 is 2.24 bits per heavy atom. The Balaban J connectivity index is 1.91. The maximum Gasteiger partial charge on any atom is 0.333 e. The predicted molar refractivity (Wildman–Crippen MR) is 93.4 cm³/mol. The third kappa shape index (κ3) is 4.51. The first-order valence-electron chi connectivity index (χ1n) is 7.32. The fraction of sp³-hybridized carbons (Fsp3) is 0.250. The summed E-state index contributed by atoms with van der Waals surface area (Å²) < 4.78 is 38.7. The number of nitrogens with two attached hydrogens (primary N) is 1. The van der Waals surface area contributed by atoms with Gasteiger partial charge in [0.15, 0.2) is 6.29 Å². The van der Waals surface area contributed by atoms with Gasteiger partial charge in [-0.1, -0.05) is 59.6 Å². The molecule has 2 aromatic rings. The Morgan fingerprint density at radius 1 is 1.00 bits per heavy atom. The molecule has 9 heteroatoms. The van der Waals surface area contributed by atoms with Crippen molar-refractivity contribution in [2.45, 2.75) is 18.5 Å². The number of hydrogen-bond donors (Lipinski definition) is 1. The van der Waals surface area contributed by atoms with E-state index in [0.29, 0.717) is 15.6 Å². The van der Waals surface area contributed by atoms with Crippen LogP contribution in [-0.4, -0.2) is 21.1 Å². The second-order valence-corrected chi connectivity index (χ2v) is 7.42. The highest BCUT2D eigenvalue weighted by Gasteiger charge is 2.40. The highest BCUT2D eigenvalue weighted by molar-refractivity contribution is 7.84. The zero-order valence-corrected chi connectivity index (χ0v) is 15.2. The SMILES string of the molecule is NS(=O)(=O)OC[C@@H]1OC(c2ccccc2)O[C@H]1c1c(Cl)cccc1Cl. The van der Waals surface area contributed by atoms with E-state index in [0.717, 1.165) is 5.56 Å². The summed E-state index contributed by atoms with van der Waals surface area (Å²) in [7, 11) is -4.12. The molecular weight excluding hydrogens is 389 g/mol. The average Bonchev–Trinajstić information content (AvgIpc) is 2.97. The van der Waals surface area contributed by atoms with E-state index in [4.69, 9.17) is 37.8 Å². The van der Waals surface area contributed by atoms with Crippen LogP contribution in [0.1, 0.15) is 23.5 Å². The second-order valence-electron chi connectivity index (χ2n) is 5.39. The van der Waals surface area contributed by atoms with Gasteiger partial charge in [0.25, 0.3) is 0 Å². The van der Waals surface area contributed by atoms with Gasteiger partial charge < -0.3 is 9.47 Å². The summed E-state index contributed by atoms with van der Waals surface area (Å²) >= 11 is 12.5. The predicted octanol–water partition coefficient (Wildman–Crippen LogP) is 3.37. The molecule has 2 aromatic carbocycles. The van der Waals surface area contributed by atoms with Crippen molar-refractivity contribution < 1.29 is 22.1 Å². The summed E-state index contributed by atoms with van der Waals surface area (Å²) in [5, 5.41) is 5.67. The molecule has 1 aliphatic rings. The molecule has 6 nitrogen and oxygen atoms in total. The lowest BCUT2D eigenvalue weighted by molar-refractivity contribution is -0.0727. The first-order valence-corrected chi connectivity index (χ1v) is 9.55. The van der Waals surface area contributed by atoms with Crippen LogP contribution < -0.4 is 5.14 Å². The van der Waals surface area contributed by atoms with Crippen molar-refractivity contribution in [1.29, 1.82) is 0 Å². The minimum absolute atomic E-state index is 0.325. The average molecular weight is 404 g/mol. The van der Waals surface area contributed by atoms with E-state index >= 15 is 0 Å². The number of rotatable bonds is 5. The van der Waals surface area contributed by atoms with Gasteiger partial charge in [0.1, 0.15) is 12.2 Å². The molecule has 2 N–H and O–H groups in total. The third-order valence-corrected chi connectivity index (χ3v) is 4.78. The van der Waals surface area contributed by atoms with Gasteiger partial charge in [-0.15, -0.1) is 0 Å². The molecule has 0 amide bonds. The van der Waals surface area contributed by atoms with Crippen molar-refractivity contribution in [3.63, 3.8) is 0 Å². The van der Waals surface area contributed by atoms with Crippen molar-refractivity contribution >= 4 is 33.5 Å². The number of benzene rings is 2. The van der Waals surface area contributed by atoms with Crippen LogP contribution in [0, 0.1) is 0 Å². The fourth-order valence-electron chi connectivity index (χ4n) is 2.58.